The summed E-state index contributed by atoms with van der Waals surface area (Å²) in [6.45, 7) is 8.37. The fourth-order valence-corrected chi connectivity index (χ4v) is 5.24. The maximum absolute atomic E-state index is 12.6. The van der Waals surface area contributed by atoms with Crippen molar-refractivity contribution in [2.75, 3.05) is 37.5 Å². The van der Waals surface area contributed by atoms with Gasteiger partial charge in [-0.1, -0.05) is 32.4 Å². The molecule has 0 spiro atoms. The Kier molecular flexibility index (Phi) is 15.1. The Balaban J connectivity index is 1.72. The molecule has 0 heterocycles. The van der Waals surface area contributed by atoms with E-state index in [1.165, 1.54) is 6.08 Å². The van der Waals surface area contributed by atoms with Crippen LogP contribution in [-0.2, 0) is 28.9 Å². The maximum atomic E-state index is 12.6. The van der Waals surface area contributed by atoms with Crippen LogP contribution in [0, 0.1) is 0 Å². The van der Waals surface area contributed by atoms with Crippen molar-refractivity contribution in [1.29, 1.82) is 0 Å². The second kappa shape index (κ2) is 18.5. The number of benzene rings is 2. The molecule has 0 saturated carbocycles. The van der Waals surface area contributed by atoms with E-state index in [4.69, 9.17) is 9.47 Å². The minimum atomic E-state index is -3.38. The van der Waals surface area contributed by atoms with Gasteiger partial charge in [-0.3, -0.25) is 0 Å². The predicted molar refractivity (Wildman–Crippen MR) is 162 cm³/mol. The first-order valence-corrected chi connectivity index (χ1v) is 15.5. The lowest BCUT2D eigenvalue weighted by atomic mass is 10.2. The number of sulfone groups is 1. The topological polar surface area (TPSA) is 115 Å². The van der Waals surface area contributed by atoms with Crippen molar-refractivity contribution in [3.63, 3.8) is 0 Å². The lowest BCUT2D eigenvalue weighted by Crippen LogP contribution is -2.18. The Morgan fingerprint density at radius 1 is 0.732 bits per heavy atom. The molecule has 0 radical (unpaired) electrons. The van der Waals surface area contributed by atoms with E-state index >= 15 is 0 Å². The number of nitrogens with zero attached hydrogens (tertiary/aromatic N) is 3. The zero-order valence-corrected chi connectivity index (χ0v) is 24.7. The summed E-state index contributed by atoms with van der Waals surface area (Å²) >= 11 is 0. The quantitative estimate of drug-likeness (QED) is 0.0721. The number of hydrogen-bond acceptors (Lipinski definition) is 9. The minimum Gasteiger partial charge on any atom is -0.463 e. The van der Waals surface area contributed by atoms with Crippen LogP contribution in [0.2, 0.25) is 0 Å². The van der Waals surface area contributed by atoms with Crippen molar-refractivity contribution in [2.45, 2.75) is 56.3 Å². The van der Waals surface area contributed by atoms with Crippen LogP contribution in [-0.4, -0.2) is 52.9 Å². The number of rotatable bonds is 20. The maximum Gasteiger partial charge on any atom is 0.330 e. The molecule has 0 aromatic heterocycles. The first-order chi connectivity index (χ1) is 19.7. The van der Waals surface area contributed by atoms with Gasteiger partial charge in [0.2, 0.25) is 0 Å². The Morgan fingerprint density at radius 2 is 1.20 bits per heavy atom. The van der Waals surface area contributed by atoms with Crippen molar-refractivity contribution in [1.82, 2.24) is 0 Å². The van der Waals surface area contributed by atoms with Crippen LogP contribution < -0.4 is 4.90 Å². The molecule has 0 aliphatic carbocycles. The van der Waals surface area contributed by atoms with E-state index in [-0.39, 0.29) is 16.6 Å². The second-order valence-electron chi connectivity index (χ2n) is 9.52. The Morgan fingerprint density at radius 3 is 1.71 bits per heavy atom. The minimum absolute atomic E-state index is 0.0638. The number of esters is 2. The largest absolute Gasteiger partial charge is 0.463 e. The normalized spacial score (nSPS) is 11.2. The Hall–Kier alpha value is -3.79. The zero-order valence-electron chi connectivity index (χ0n) is 23.9. The second-order valence-corrected chi connectivity index (χ2v) is 11.6. The van der Waals surface area contributed by atoms with Crippen LogP contribution in [0.4, 0.5) is 17.1 Å². The van der Waals surface area contributed by atoms with Gasteiger partial charge in [-0.05, 0) is 80.6 Å². The highest BCUT2D eigenvalue weighted by atomic mass is 32.2. The van der Waals surface area contributed by atoms with E-state index < -0.39 is 15.8 Å². The third kappa shape index (κ3) is 13.4. The summed E-state index contributed by atoms with van der Waals surface area (Å²) in [6.07, 6.45) is 9.00. The molecule has 222 valence electrons. The van der Waals surface area contributed by atoms with Crippen LogP contribution >= 0.6 is 0 Å². The van der Waals surface area contributed by atoms with E-state index in [0.29, 0.717) is 37.4 Å². The molecular weight excluding hydrogens is 542 g/mol. The monoisotopic (exact) mass is 583 g/mol. The van der Waals surface area contributed by atoms with E-state index in [9.17, 15) is 18.0 Å². The molecule has 0 saturated heterocycles. The number of azo groups is 1. The van der Waals surface area contributed by atoms with Gasteiger partial charge in [-0.15, -0.1) is 0 Å². The van der Waals surface area contributed by atoms with Gasteiger partial charge in [-0.2, -0.15) is 10.2 Å². The SMILES string of the molecule is C=CC(=O)OCCCCCCN(C)c1ccc(N=Nc2ccc(S(=O)(=O)CCCCCCOC(=O)C=C)cc2)cc1. The average molecular weight is 584 g/mol. The number of ether oxygens (including phenoxy) is 2. The first-order valence-electron chi connectivity index (χ1n) is 13.9. The number of carbonyl (C=O) groups excluding carboxylic acids is 2. The van der Waals surface area contributed by atoms with Gasteiger partial charge in [0.25, 0.3) is 0 Å². The van der Waals surface area contributed by atoms with Crippen LogP contribution in [0.15, 0.2) is 89.0 Å². The molecule has 0 fully saturated rings. The fraction of sp³-hybridized carbons (Fsp3) is 0.419. The molecule has 2 aromatic rings. The average Bonchev–Trinajstić information content (AvgIpc) is 2.99. The van der Waals surface area contributed by atoms with Crippen LogP contribution in [0.5, 0.6) is 0 Å². The standard InChI is InChI=1S/C31H41N3O6S/c1-4-30(35)39-23-11-7-6-10-22-34(3)28-18-14-26(15-19-28)32-33-27-16-20-29(21-17-27)41(37,38)25-13-9-8-12-24-40-31(36)5-2/h4-5,14-21H,1-2,6-13,22-25H2,3H3. The Labute approximate surface area is 243 Å². The lowest BCUT2D eigenvalue weighted by Gasteiger charge is -2.19. The molecule has 2 rings (SSSR count). The van der Waals surface area contributed by atoms with Crippen LogP contribution in [0.25, 0.3) is 0 Å². The molecule has 0 bridgehead atoms. The molecule has 0 N–H and O–H groups in total. The number of carbonyl (C=O) groups is 2. The highest BCUT2D eigenvalue weighted by Gasteiger charge is 2.14. The van der Waals surface area contributed by atoms with Gasteiger partial charge in [-0.25, -0.2) is 18.0 Å². The zero-order chi connectivity index (χ0) is 29.9. The number of hydrogen-bond donors (Lipinski definition) is 0. The van der Waals surface area contributed by atoms with Crippen molar-refractivity contribution >= 4 is 38.8 Å². The summed E-state index contributed by atoms with van der Waals surface area (Å²) in [6, 6.07) is 14.2. The molecule has 2 aromatic carbocycles. The summed E-state index contributed by atoms with van der Waals surface area (Å²) in [5.74, 6) is -0.758. The number of anilines is 1. The Bertz CT molecular complexity index is 1240. The molecule has 9 nitrogen and oxygen atoms in total. The van der Waals surface area contributed by atoms with Gasteiger partial charge in [0, 0.05) is 31.4 Å². The predicted octanol–water partition coefficient (Wildman–Crippen LogP) is 6.89. The fourth-order valence-electron chi connectivity index (χ4n) is 3.87. The lowest BCUT2D eigenvalue weighted by molar-refractivity contribution is -0.138. The highest BCUT2D eigenvalue weighted by molar-refractivity contribution is 7.91. The molecule has 0 amide bonds. The van der Waals surface area contributed by atoms with E-state index in [2.05, 4.69) is 28.3 Å². The highest BCUT2D eigenvalue weighted by Crippen LogP contribution is 2.24. The van der Waals surface area contributed by atoms with Gasteiger partial charge in [0.1, 0.15) is 0 Å². The van der Waals surface area contributed by atoms with Crippen LogP contribution in [0.1, 0.15) is 51.4 Å². The third-order valence-electron chi connectivity index (χ3n) is 6.28. The van der Waals surface area contributed by atoms with Gasteiger partial charge in [0.15, 0.2) is 9.84 Å². The molecular formula is C31H41N3O6S. The van der Waals surface area contributed by atoms with E-state index in [1.54, 1.807) is 24.3 Å². The summed E-state index contributed by atoms with van der Waals surface area (Å²) < 4.78 is 35.1. The van der Waals surface area contributed by atoms with Gasteiger partial charge >= 0.3 is 11.9 Å². The summed E-state index contributed by atoms with van der Waals surface area (Å²) in [5, 5.41) is 8.51. The van der Waals surface area contributed by atoms with Crippen molar-refractivity contribution in [3.8, 4) is 0 Å². The van der Waals surface area contributed by atoms with Gasteiger partial charge < -0.3 is 14.4 Å². The van der Waals surface area contributed by atoms with Crippen molar-refractivity contribution in [3.05, 3.63) is 73.8 Å². The van der Waals surface area contributed by atoms with Gasteiger partial charge in [0.05, 0.1) is 35.2 Å². The first kappa shape index (κ1) is 33.4. The molecule has 0 aliphatic rings. The van der Waals surface area contributed by atoms with Crippen LogP contribution in [0.3, 0.4) is 0 Å². The van der Waals surface area contributed by atoms with Crippen molar-refractivity contribution in [2.24, 2.45) is 10.2 Å². The van der Waals surface area contributed by atoms with E-state index in [0.717, 1.165) is 56.8 Å². The summed E-state index contributed by atoms with van der Waals surface area (Å²) in [4.78, 5) is 24.5. The molecule has 0 unspecified atom stereocenters. The molecule has 10 heteroatoms. The molecule has 0 aliphatic heterocycles. The molecule has 41 heavy (non-hydrogen) atoms. The molecule has 0 atom stereocenters. The smallest absolute Gasteiger partial charge is 0.330 e. The van der Waals surface area contributed by atoms with Crippen molar-refractivity contribution < 1.29 is 27.5 Å². The summed E-state index contributed by atoms with van der Waals surface area (Å²) in [7, 11) is -1.34. The van der Waals surface area contributed by atoms with E-state index in [1.807, 2.05) is 31.3 Å². The number of unbranched alkanes of at least 4 members (excludes halogenated alkanes) is 6. The third-order valence-corrected chi connectivity index (χ3v) is 8.10. The summed E-state index contributed by atoms with van der Waals surface area (Å²) in [5.41, 5.74) is 2.35.